The Kier molecular flexibility index (Phi) is 5.70. The minimum absolute atomic E-state index is 0.499. The average molecular weight is 359 g/mol. The van der Waals surface area contributed by atoms with Gasteiger partial charge < -0.3 is 14.8 Å². The molecule has 3 heteroatoms. The highest BCUT2D eigenvalue weighted by Gasteiger charge is 2.21. The SMILES string of the molecule is c1ccc(COc2ccc(C3CCNC3)c(OCc3ccccc3)c2)cc1. The summed E-state index contributed by atoms with van der Waals surface area (Å²) in [7, 11) is 0. The van der Waals surface area contributed by atoms with Gasteiger partial charge in [-0.05, 0) is 35.7 Å². The van der Waals surface area contributed by atoms with Crippen LogP contribution < -0.4 is 14.8 Å². The van der Waals surface area contributed by atoms with E-state index in [9.17, 15) is 0 Å². The van der Waals surface area contributed by atoms with Crippen molar-refractivity contribution in [2.24, 2.45) is 0 Å². The van der Waals surface area contributed by atoms with Gasteiger partial charge in [-0.1, -0.05) is 66.7 Å². The number of ether oxygens (including phenoxy) is 2. The van der Waals surface area contributed by atoms with Gasteiger partial charge in [-0.2, -0.15) is 0 Å². The van der Waals surface area contributed by atoms with E-state index in [1.54, 1.807) is 0 Å². The lowest BCUT2D eigenvalue weighted by Crippen LogP contribution is -2.09. The van der Waals surface area contributed by atoms with E-state index in [2.05, 4.69) is 41.7 Å². The molecule has 1 fully saturated rings. The van der Waals surface area contributed by atoms with Crippen LogP contribution in [-0.4, -0.2) is 13.1 Å². The summed E-state index contributed by atoms with van der Waals surface area (Å²) in [5, 5.41) is 3.45. The molecule has 0 amide bonds. The van der Waals surface area contributed by atoms with Crippen LogP contribution in [0.2, 0.25) is 0 Å². The maximum atomic E-state index is 6.22. The minimum Gasteiger partial charge on any atom is -0.489 e. The fourth-order valence-corrected chi connectivity index (χ4v) is 3.46. The molecule has 0 saturated carbocycles. The van der Waals surface area contributed by atoms with Gasteiger partial charge in [-0.25, -0.2) is 0 Å². The van der Waals surface area contributed by atoms with Crippen molar-refractivity contribution in [3.05, 3.63) is 95.6 Å². The first-order valence-electron chi connectivity index (χ1n) is 9.56. The van der Waals surface area contributed by atoms with E-state index in [4.69, 9.17) is 9.47 Å². The van der Waals surface area contributed by atoms with Crippen molar-refractivity contribution in [1.82, 2.24) is 5.32 Å². The molecule has 1 aliphatic rings. The van der Waals surface area contributed by atoms with Crippen LogP contribution in [0.4, 0.5) is 0 Å². The van der Waals surface area contributed by atoms with Gasteiger partial charge in [-0.15, -0.1) is 0 Å². The summed E-state index contributed by atoms with van der Waals surface area (Å²) < 4.78 is 12.2. The van der Waals surface area contributed by atoms with Gasteiger partial charge in [0.2, 0.25) is 0 Å². The van der Waals surface area contributed by atoms with E-state index in [1.807, 2.05) is 42.5 Å². The van der Waals surface area contributed by atoms with E-state index in [-0.39, 0.29) is 0 Å². The number of hydrogen-bond acceptors (Lipinski definition) is 3. The molecule has 3 aromatic rings. The number of hydrogen-bond donors (Lipinski definition) is 1. The molecule has 1 aliphatic heterocycles. The van der Waals surface area contributed by atoms with Crippen LogP contribution >= 0.6 is 0 Å². The Balaban J connectivity index is 1.51. The van der Waals surface area contributed by atoms with Crippen molar-refractivity contribution in [2.45, 2.75) is 25.6 Å². The summed E-state index contributed by atoms with van der Waals surface area (Å²) in [5.41, 5.74) is 3.60. The number of benzene rings is 3. The van der Waals surface area contributed by atoms with E-state index in [0.29, 0.717) is 19.1 Å². The van der Waals surface area contributed by atoms with Crippen LogP contribution in [0.5, 0.6) is 11.5 Å². The maximum Gasteiger partial charge on any atom is 0.127 e. The zero-order valence-corrected chi connectivity index (χ0v) is 15.4. The topological polar surface area (TPSA) is 30.5 Å². The summed E-state index contributed by atoms with van der Waals surface area (Å²) in [4.78, 5) is 0. The summed E-state index contributed by atoms with van der Waals surface area (Å²) in [6.45, 7) is 3.19. The number of rotatable bonds is 7. The van der Waals surface area contributed by atoms with Crippen molar-refractivity contribution >= 4 is 0 Å². The predicted molar refractivity (Wildman–Crippen MR) is 108 cm³/mol. The third kappa shape index (κ3) is 4.69. The summed E-state index contributed by atoms with van der Waals surface area (Å²) >= 11 is 0. The normalized spacial score (nSPS) is 16.2. The molecule has 1 saturated heterocycles. The lowest BCUT2D eigenvalue weighted by atomic mass is 9.97. The second-order valence-electron chi connectivity index (χ2n) is 6.94. The smallest absolute Gasteiger partial charge is 0.127 e. The molecule has 0 spiro atoms. The van der Waals surface area contributed by atoms with Gasteiger partial charge in [0.05, 0.1) is 0 Å². The van der Waals surface area contributed by atoms with Crippen LogP contribution in [0.25, 0.3) is 0 Å². The fourth-order valence-electron chi connectivity index (χ4n) is 3.46. The zero-order valence-electron chi connectivity index (χ0n) is 15.4. The Hall–Kier alpha value is -2.78. The molecule has 1 N–H and O–H groups in total. The lowest BCUT2D eigenvalue weighted by Gasteiger charge is -2.17. The largest absolute Gasteiger partial charge is 0.489 e. The third-order valence-corrected chi connectivity index (χ3v) is 4.97. The van der Waals surface area contributed by atoms with Crippen molar-refractivity contribution in [3.63, 3.8) is 0 Å². The van der Waals surface area contributed by atoms with E-state index in [1.165, 1.54) is 11.1 Å². The maximum absolute atomic E-state index is 6.22. The van der Waals surface area contributed by atoms with E-state index >= 15 is 0 Å². The monoisotopic (exact) mass is 359 g/mol. The Bertz CT molecular complexity index is 843. The van der Waals surface area contributed by atoms with Crippen LogP contribution in [0.1, 0.15) is 29.0 Å². The molecule has 1 unspecified atom stereocenters. The summed E-state index contributed by atoms with van der Waals surface area (Å²) in [6, 6.07) is 26.8. The average Bonchev–Trinajstić information content (AvgIpc) is 3.27. The van der Waals surface area contributed by atoms with E-state index < -0.39 is 0 Å². The first kappa shape index (κ1) is 17.6. The van der Waals surface area contributed by atoms with Gasteiger partial charge in [0, 0.05) is 18.5 Å². The van der Waals surface area contributed by atoms with Gasteiger partial charge in [-0.3, -0.25) is 0 Å². The molecule has 4 rings (SSSR count). The van der Waals surface area contributed by atoms with Crippen molar-refractivity contribution in [3.8, 4) is 11.5 Å². The highest BCUT2D eigenvalue weighted by molar-refractivity contribution is 5.43. The molecule has 3 nitrogen and oxygen atoms in total. The molecule has 3 aromatic carbocycles. The highest BCUT2D eigenvalue weighted by Crippen LogP contribution is 2.34. The van der Waals surface area contributed by atoms with Crippen molar-refractivity contribution in [1.29, 1.82) is 0 Å². The van der Waals surface area contributed by atoms with E-state index in [0.717, 1.165) is 36.6 Å². The molecule has 0 radical (unpaired) electrons. The molecular weight excluding hydrogens is 334 g/mol. The first-order valence-corrected chi connectivity index (χ1v) is 9.56. The molecule has 1 heterocycles. The summed E-state index contributed by atoms with van der Waals surface area (Å²) in [5.74, 6) is 2.27. The lowest BCUT2D eigenvalue weighted by molar-refractivity contribution is 0.287. The molecule has 0 aromatic heterocycles. The second kappa shape index (κ2) is 8.74. The standard InChI is InChI=1S/C24H25NO2/c1-3-7-19(8-4-1)17-26-22-11-12-23(21-13-14-25-16-21)24(15-22)27-18-20-9-5-2-6-10-20/h1-12,15,21,25H,13-14,16-18H2. The molecular formula is C24H25NO2. The molecule has 138 valence electrons. The molecule has 0 bridgehead atoms. The van der Waals surface area contributed by atoms with Crippen LogP contribution in [0.3, 0.4) is 0 Å². The Morgan fingerprint density at radius 2 is 1.44 bits per heavy atom. The Labute approximate surface area is 161 Å². The van der Waals surface area contributed by atoms with Crippen molar-refractivity contribution < 1.29 is 9.47 Å². The second-order valence-corrected chi connectivity index (χ2v) is 6.94. The van der Waals surface area contributed by atoms with Crippen molar-refractivity contribution in [2.75, 3.05) is 13.1 Å². The first-order chi connectivity index (χ1) is 13.4. The minimum atomic E-state index is 0.499. The molecule has 1 atom stereocenters. The van der Waals surface area contributed by atoms with Crippen LogP contribution in [-0.2, 0) is 13.2 Å². The van der Waals surface area contributed by atoms with Gasteiger partial charge in [0.1, 0.15) is 24.7 Å². The molecule has 0 aliphatic carbocycles. The highest BCUT2D eigenvalue weighted by atomic mass is 16.5. The van der Waals surface area contributed by atoms with Crippen LogP contribution in [0, 0.1) is 0 Å². The Morgan fingerprint density at radius 1 is 0.778 bits per heavy atom. The quantitative estimate of drug-likeness (QED) is 0.649. The zero-order chi connectivity index (χ0) is 18.3. The number of nitrogens with one attached hydrogen (secondary N) is 1. The summed E-state index contributed by atoms with van der Waals surface area (Å²) in [6.07, 6.45) is 1.14. The van der Waals surface area contributed by atoms with Crippen LogP contribution in [0.15, 0.2) is 78.9 Å². The van der Waals surface area contributed by atoms with Gasteiger partial charge in [0.25, 0.3) is 0 Å². The van der Waals surface area contributed by atoms with Gasteiger partial charge >= 0.3 is 0 Å². The fraction of sp³-hybridized carbons (Fsp3) is 0.250. The van der Waals surface area contributed by atoms with Gasteiger partial charge in [0.15, 0.2) is 0 Å². The third-order valence-electron chi connectivity index (χ3n) is 4.97. The molecule has 27 heavy (non-hydrogen) atoms. The Morgan fingerprint density at radius 3 is 2.07 bits per heavy atom. The predicted octanol–water partition coefficient (Wildman–Crippen LogP) is 4.92.